The highest BCUT2D eigenvalue weighted by molar-refractivity contribution is 9.10. The lowest BCUT2D eigenvalue weighted by Gasteiger charge is -2.10. The Morgan fingerprint density at radius 2 is 2.21 bits per heavy atom. The summed E-state index contributed by atoms with van der Waals surface area (Å²) in [6.07, 6.45) is 0.756. The van der Waals surface area contributed by atoms with Gasteiger partial charge in [-0.15, -0.1) is 0 Å². The molecule has 19 heavy (non-hydrogen) atoms. The lowest BCUT2D eigenvalue weighted by atomic mass is 10.2. The number of amides is 1. The van der Waals surface area contributed by atoms with Crippen molar-refractivity contribution in [3.63, 3.8) is 0 Å². The van der Waals surface area contributed by atoms with Crippen molar-refractivity contribution in [3.8, 4) is 0 Å². The molecule has 5 heteroatoms. The van der Waals surface area contributed by atoms with E-state index >= 15 is 0 Å². The van der Waals surface area contributed by atoms with E-state index in [4.69, 9.17) is 9.47 Å². The fraction of sp³-hybridized carbons (Fsp3) is 0.500. The molecule has 0 bridgehead atoms. The Morgan fingerprint density at radius 3 is 2.89 bits per heavy atom. The van der Waals surface area contributed by atoms with Gasteiger partial charge in [0.2, 0.25) is 5.91 Å². The third-order valence-electron chi connectivity index (χ3n) is 2.54. The van der Waals surface area contributed by atoms with Gasteiger partial charge in [-0.05, 0) is 24.1 Å². The van der Waals surface area contributed by atoms with Crippen molar-refractivity contribution < 1.29 is 14.3 Å². The summed E-state index contributed by atoms with van der Waals surface area (Å²) in [4.78, 5) is 11.6. The van der Waals surface area contributed by atoms with Crippen LogP contribution in [0.4, 0.5) is 5.69 Å². The van der Waals surface area contributed by atoms with Gasteiger partial charge in [-0.25, -0.2) is 0 Å². The van der Waals surface area contributed by atoms with Crippen molar-refractivity contribution in [3.05, 3.63) is 29.8 Å². The van der Waals surface area contributed by atoms with E-state index in [0.717, 1.165) is 17.7 Å². The molecule has 1 aromatic carbocycles. The summed E-state index contributed by atoms with van der Waals surface area (Å²) < 4.78 is 10.3. The predicted molar refractivity (Wildman–Crippen MR) is 79.6 cm³/mol. The molecule has 106 valence electrons. The minimum Gasteiger partial charge on any atom is -0.382 e. The molecule has 1 N–H and O–H groups in total. The smallest absolute Gasteiger partial charge is 0.238 e. The predicted octanol–water partition coefficient (Wildman–Crippen LogP) is 2.96. The summed E-state index contributed by atoms with van der Waals surface area (Å²) in [7, 11) is 1.64. The van der Waals surface area contributed by atoms with Gasteiger partial charge >= 0.3 is 0 Å². The van der Waals surface area contributed by atoms with E-state index in [1.165, 1.54) is 0 Å². The Balaban J connectivity index is 2.49. The van der Waals surface area contributed by atoms with Crippen LogP contribution in [0.5, 0.6) is 0 Å². The van der Waals surface area contributed by atoms with E-state index in [1.54, 1.807) is 7.11 Å². The topological polar surface area (TPSA) is 47.6 Å². The minimum absolute atomic E-state index is 0.0278. The van der Waals surface area contributed by atoms with Crippen LogP contribution in [-0.2, 0) is 20.9 Å². The van der Waals surface area contributed by atoms with E-state index in [0.29, 0.717) is 19.8 Å². The molecule has 1 amide bonds. The van der Waals surface area contributed by atoms with Crippen molar-refractivity contribution >= 4 is 27.5 Å². The first-order valence-corrected chi connectivity index (χ1v) is 7.19. The highest BCUT2D eigenvalue weighted by Crippen LogP contribution is 2.14. The molecule has 1 aromatic rings. The molecule has 0 aliphatic rings. The lowest BCUT2D eigenvalue weighted by molar-refractivity contribution is -0.115. The number of alkyl halides is 1. The van der Waals surface area contributed by atoms with E-state index in [9.17, 15) is 4.79 Å². The molecule has 1 rings (SSSR count). The number of carbonyl (C=O) groups excluding carboxylic acids is 1. The highest BCUT2D eigenvalue weighted by Gasteiger charge is 2.12. The quantitative estimate of drug-likeness (QED) is 0.589. The summed E-state index contributed by atoms with van der Waals surface area (Å²) in [6.45, 7) is 3.61. The summed E-state index contributed by atoms with van der Waals surface area (Å²) >= 11 is 3.33. The normalized spacial score (nSPS) is 12.2. The van der Waals surface area contributed by atoms with Gasteiger partial charge in [0.25, 0.3) is 0 Å². The summed E-state index contributed by atoms with van der Waals surface area (Å²) in [6, 6.07) is 7.65. The van der Waals surface area contributed by atoms with Crippen LogP contribution >= 0.6 is 15.9 Å². The first kappa shape index (κ1) is 16.1. The molecule has 0 fully saturated rings. The summed E-state index contributed by atoms with van der Waals surface area (Å²) in [5.41, 5.74) is 1.81. The van der Waals surface area contributed by atoms with Gasteiger partial charge in [0.1, 0.15) is 0 Å². The molecule has 0 spiro atoms. The molecule has 1 unspecified atom stereocenters. The van der Waals surface area contributed by atoms with Gasteiger partial charge in [-0.1, -0.05) is 35.0 Å². The maximum atomic E-state index is 11.7. The highest BCUT2D eigenvalue weighted by atomic mass is 79.9. The summed E-state index contributed by atoms with van der Waals surface area (Å²) in [5.74, 6) is -0.0278. The SMILES string of the molecule is CCC(Br)C(=O)Nc1cccc(COCCOC)c1. The Hall–Kier alpha value is -0.910. The molecule has 0 radical (unpaired) electrons. The van der Waals surface area contributed by atoms with Crippen LogP contribution in [0.15, 0.2) is 24.3 Å². The van der Waals surface area contributed by atoms with Crippen molar-refractivity contribution in [2.24, 2.45) is 0 Å². The zero-order chi connectivity index (χ0) is 14.1. The number of nitrogens with one attached hydrogen (secondary N) is 1. The Bertz CT molecular complexity index is 398. The van der Waals surface area contributed by atoms with E-state index in [2.05, 4.69) is 21.2 Å². The fourth-order valence-corrected chi connectivity index (χ4v) is 1.59. The zero-order valence-corrected chi connectivity index (χ0v) is 12.9. The second-order valence-electron chi connectivity index (χ2n) is 4.11. The first-order valence-electron chi connectivity index (χ1n) is 6.28. The standard InChI is InChI=1S/C14H20BrNO3/c1-3-13(15)14(17)16-12-6-4-5-11(9-12)10-19-8-7-18-2/h4-6,9,13H,3,7-8,10H2,1-2H3,(H,16,17). The molecule has 0 saturated carbocycles. The van der Waals surface area contributed by atoms with Crippen LogP contribution in [0.25, 0.3) is 0 Å². The van der Waals surface area contributed by atoms with Crippen molar-refractivity contribution in [1.29, 1.82) is 0 Å². The number of methoxy groups -OCH3 is 1. The summed E-state index contributed by atoms with van der Waals surface area (Å²) in [5, 5.41) is 2.87. The maximum Gasteiger partial charge on any atom is 0.238 e. The monoisotopic (exact) mass is 329 g/mol. The molecular formula is C14H20BrNO3. The average molecular weight is 330 g/mol. The Morgan fingerprint density at radius 1 is 1.42 bits per heavy atom. The number of hydrogen-bond acceptors (Lipinski definition) is 3. The van der Waals surface area contributed by atoms with Crippen LogP contribution < -0.4 is 5.32 Å². The van der Waals surface area contributed by atoms with Crippen LogP contribution in [0.1, 0.15) is 18.9 Å². The van der Waals surface area contributed by atoms with Crippen LogP contribution in [0, 0.1) is 0 Å². The van der Waals surface area contributed by atoms with Gasteiger partial charge < -0.3 is 14.8 Å². The number of benzene rings is 1. The number of ether oxygens (including phenoxy) is 2. The fourth-order valence-electron chi connectivity index (χ4n) is 1.48. The molecule has 1 atom stereocenters. The second-order valence-corrected chi connectivity index (χ2v) is 5.22. The molecule has 0 aliphatic heterocycles. The molecular weight excluding hydrogens is 310 g/mol. The largest absolute Gasteiger partial charge is 0.382 e. The average Bonchev–Trinajstić information content (AvgIpc) is 2.43. The Kier molecular flexibility index (Phi) is 7.70. The number of rotatable bonds is 8. The van der Waals surface area contributed by atoms with Crippen molar-refractivity contribution in [1.82, 2.24) is 0 Å². The zero-order valence-electron chi connectivity index (χ0n) is 11.3. The Labute approximate surface area is 122 Å². The molecule has 0 aliphatic carbocycles. The van der Waals surface area contributed by atoms with Crippen molar-refractivity contribution in [2.75, 3.05) is 25.6 Å². The molecule has 0 saturated heterocycles. The van der Waals surface area contributed by atoms with Gasteiger partial charge in [-0.2, -0.15) is 0 Å². The van der Waals surface area contributed by atoms with E-state index in [-0.39, 0.29) is 10.7 Å². The third-order valence-corrected chi connectivity index (χ3v) is 3.60. The lowest BCUT2D eigenvalue weighted by Crippen LogP contribution is -2.22. The van der Waals surface area contributed by atoms with Gasteiger partial charge in [0, 0.05) is 12.8 Å². The molecule has 0 heterocycles. The van der Waals surface area contributed by atoms with Crippen LogP contribution in [0.3, 0.4) is 0 Å². The minimum atomic E-state index is -0.158. The molecule has 4 nitrogen and oxygen atoms in total. The third kappa shape index (κ3) is 6.18. The maximum absolute atomic E-state index is 11.7. The van der Waals surface area contributed by atoms with Gasteiger partial charge in [0.05, 0.1) is 24.6 Å². The van der Waals surface area contributed by atoms with Gasteiger partial charge in [0.15, 0.2) is 0 Å². The number of anilines is 1. The second kappa shape index (κ2) is 9.07. The van der Waals surface area contributed by atoms with Crippen molar-refractivity contribution in [2.45, 2.75) is 24.8 Å². The van der Waals surface area contributed by atoms with E-state index in [1.807, 2.05) is 31.2 Å². The van der Waals surface area contributed by atoms with E-state index < -0.39 is 0 Å². The molecule has 0 aromatic heterocycles. The van der Waals surface area contributed by atoms with Gasteiger partial charge in [-0.3, -0.25) is 4.79 Å². The number of carbonyl (C=O) groups is 1. The first-order chi connectivity index (χ1) is 9.17. The van der Waals surface area contributed by atoms with Crippen LogP contribution in [0.2, 0.25) is 0 Å². The number of hydrogen-bond donors (Lipinski definition) is 1. The van der Waals surface area contributed by atoms with Crippen LogP contribution in [-0.4, -0.2) is 31.1 Å². The number of halogens is 1.